The summed E-state index contributed by atoms with van der Waals surface area (Å²) in [6.07, 6.45) is 8.05. The van der Waals surface area contributed by atoms with Gasteiger partial charge in [0.05, 0.1) is 13.2 Å². The average Bonchev–Trinajstić information content (AvgIpc) is 3.05. The molecule has 0 bridgehead atoms. The highest BCUT2D eigenvalue weighted by Crippen LogP contribution is 2.45. The number of hydrogen-bond acceptors (Lipinski definition) is 3. The van der Waals surface area contributed by atoms with Crippen molar-refractivity contribution in [2.75, 3.05) is 26.3 Å². The first-order chi connectivity index (χ1) is 11.2. The van der Waals surface area contributed by atoms with Gasteiger partial charge in [0, 0.05) is 31.5 Å². The molecule has 134 valence electrons. The molecule has 2 aliphatic heterocycles. The first-order valence-electron chi connectivity index (χ1n) is 9.02. The highest BCUT2D eigenvalue weighted by Gasteiger charge is 2.46. The van der Waals surface area contributed by atoms with Gasteiger partial charge in [0.1, 0.15) is 5.82 Å². The van der Waals surface area contributed by atoms with Crippen LogP contribution in [0, 0.1) is 5.82 Å². The molecule has 1 spiro atoms. The molecular weight excluding hydrogens is 373 g/mol. The van der Waals surface area contributed by atoms with E-state index in [4.69, 9.17) is 9.47 Å². The van der Waals surface area contributed by atoms with E-state index in [1.54, 1.807) is 12.1 Å². The van der Waals surface area contributed by atoms with E-state index >= 15 is 0 Å². The summed E-state index contributed by atoms with van der Waals surface area (Å²) in [5.41, 5.74) is 1.36. The normalized spacial score (nSPS) is 26.2. The van der Waals surface area contributed by atoms with Crippen molar-refractivity contribution in [1.82, 2.24) is 4.90 Å². The second-order valence-electron chi connectivity index (χ2n) is 7.19. The third kappa shape index (κ3) is 3.28. The van der Waals surface area contributed by atoms with Crippen LogP contribution >= 0.6 is 17.0 Å². The molecule has 1 saturated carbocycles. The topological polar surface area (TPSA) is 21.7 Å². The molecule has 0 radical (unpaired) electrons. The Morgan fingerprint density at radius 2 is 1.42 bits per heavy atom. The maximum Gasteiger partial charge on any atom is 0.170 e. The van der Waals surface area contributed by atoms with Gasteiger partial charge in [-0.1, -0.05) is 31.4 Å². The molecule has 1 aromatic carbocycles. The number of likely N-dealkylation sites (tertiary alicyclic amines) is 1. The molecule has 0 N–H and O–H groups in total. The number of hydrogen-bond donors (Lipinski definition) is 0. The number of rotatable bonds is 2. The van der Waals surface area contributed by atoms with E-state index in [0.29, 0.717) is 0 Å². The van der Waals surface area contributed by atoms with Gasteiger partial charge < -0.3 is 9.47 Å². The summed E-state index contributed by atoms with van der Waals surface area (Å²) >= 11 is 0. The number of ether oxygens (including phenoxy) is 2. The van der Waals surface area contributed by atoms with Gasteiger partial charge in [0.15, 0.2) is 5.79 Å². The minimum atomic E-state index is -0.324. The van der Waals surface area contributed by atoms with Crippen LogP contribution < -0.4 is 0 Å². The van der Waals surface area contributed by atoms with Crippen molar-refractivity contribution < 1.29 is 13.9 Å². The molecule has 0 atom stereocenters. The minimum absolute atomic E-state index is 0. The van der Waals surface area contributed by atoms with E-state index in [-0.39, 0.29) is 34.1 Å². The first kappa shape index (κ1) is 18.3. The zero-order valence-corrected chi connectivity index (χ0v) is 15.9. The van der Waals surface area contributed by atoms with Gasteiger partial charge in [-0.3, -0.25) is 4.90 Å². The SMILES string of the molecule is Br.Fc1ccc(C2(N3CCC4(CC3)OCCO4)CCCCC2)cc1. The number of benzene rings is 1. The molecule has 2 heterocycles. The fourth-order valence-corrected chi connectivity index (χ4v) is 4.75. The van der Waals surface area contributed by atoms with Gasteiger partial charge in [-0.25, -0.2) is 4.39 Å². The molecule has 3 nitrogen and oxygen atoms in total. The molecule has 0 amide bonds. The van der Waals surface area contributed by atoms with Crippen LogP contribution in [0.15, 0.2) is 24.3 Å². The lowest BCUT2D eigenvalue weighted by Crippen LogP contribution is -2.54. The Kier molecular flexibility index (Phi) is 5.65. The van der Waals surface area contributed by atoms with Gasteiger partial charge in [-0.2, -0.15) is 0 Å². The number of halogens is 2. The van der Waals surface area contributed by atoms with Crippen LogP contribution in [0.25, 0.3) is 0 Å². The van der Waals surface area contributed by atoms with Crippen LogP contribution in [0.2, 0.25) is 0 Å². The third-order valence-corrected chi connectivity index (χ3v) is 6.01. The van der Waals surface area contributed by atoms with Crippen molar-refractivity contribution in [3.05, 3.63) is 35.6 Å². The lowest BCUT2D eigenvalue weighted by atomic mass is 9.74. The van der Waals surface area contributed by atoms with Gasteiger partial charge in [-0.05, 0) is 30.5 Å². The predicted octanol–water partition coefficient (Wildman–Crippen LogP) is 4.40. The van der Waals surface area contributed by atoms with E-state index in [0.717, 1.165) is 39.1 Å². The van der Waals surface area contributed by atoms with E-state index in [2.05, 4.69) is 4.90 Å². The Balaban J connectivity index is 0.00000169. The summed E-state index contributed by atoms with van der Waals surface area (Å²) in [5, 5.41) is 0. The number of nitrogens with zero attached hydrogens (tertiary/aromatic N) is 1. The van der Waals surface area contributed by atoms with Crippen LogP contribution in [0.4, 0.5) is 4.39 Å². The van der Waals surface area contributed by atoms with Gasteiger partial charge in [0.2, 0.25) is 0 Å². The number of piperidine rings is 1. The zero-order valence-electron chi connectivity index (χ0n) is 14.1. The van der Waals surface area contributed by atoms with Crippen LogP contribution in [0.5, 0.6) is 0 Å². The Morgan fingerprint density at radius 1 is 0.833 bits per heavy atom. The fourth-order valence-electron chi connectivity index (χ4n) is 4.75. The summed E-state index contributed by atoms with van der Waals surface area (Å²) in [7, 11) is 0. The van der Waals surface area contributed by atoms with Crippen molar-refractivity contribution in [3.8, 4) is 0 Å². The Labute approximate surface area is 154 Å². The molecule has 5 heteroatoms. The Hall–Kier alpha value is -0.490. The van der Waals surface area contributed by atoms with Crippen molar-refractivity contribution in [3.63, 3.8) is 0 Å². The van der Waals surface area contributed by atoms with Crippen molar-refractivity contribution in [1.29, 1.82) is 0 Å². The first-order valence-corrected chi connectivity index (χ1v) is 9.02. The van der Waals surface area contributed by atoms with E-state index < -0.39 is 0 Å². The molecule has 1 aromatic rings. The summed E-state index contributed by atoms with van der Waals surface area (Å²) in [4.78, 5) is 2.62. The summed E-state index contributed by atoms with van der Waals surface area (Å²) < 4.78 is 25.1. The third-order valence-electron chi connectivity index (χ3n) is 6.01. The largest absolute Gasteiger partial charge is 0.347 e. The molecule has 3 aliphatic rings. The average molecular weight is 400 g/mol. The highest BCUT2D eigenvalue weighted by atomic mass is 79.9. The smallest absolute Gasteiger partial charge is 0.170 e. The zero-order chi connectivity index (χ0) is 15.8. The molecule has 0 unspecified atom stereocenters. The fraction of sp³-hybridized carbons (Fsp3) is 0.684. The maximum absolute atomic E-state index is 13.4. The molecular formula is C19H27BrFNO2. The quantitative estimate of drug-likeness (QED) is 0.735. The van der Waals surface area contributed by atoms with Crippen molar-refractivity contribution in [2.24, 2.45) is 0 Å². The molecule has 24 heavy (non-hydrogen) atoms. The van der Waals surface area contributed by atoms with Crippen LogP contribution in [0.3, 0.4) is 0 Å². The Bertz CT molecular complexity index is 529. The summed E-state index contributed by atoms with van der Waals surface area (Å²) in [6.45, 7) is 3.45. The van der Waals surface area contributed by atoms with E-state index in [1.807, 2.05) is 12.1 Å². The predicted molar refractivity (Wildman–Crippen MR) is 96.9 cm³/mol. The lowest BCUT2D eigenvalue weighted by Gasteiger charge is -2.51. The highest BCUT2D eigenvalue weighted by molar-refractivity contribution is 8.93. The van der Waals surface area contributed by atoms with Crippen LogP contribution in [-0.4, -0.2) is 37.0 Å². The summed E-state index contributed by atoms with van der Waals surface area (Å²) in [5.74, 6) is -0.472. The monoisotopic (exact) mass is 399 g/mol. The molecule has 0 aromatic heterocycles. The lowest BCUT2D eigenvalue weighted by molar-refractivity contribution is -0.195. The van der Waals surface area contributed by atoms with E-state index in [1.165, 1.54) is 37.7 Å². The second-order valence-corrected chi connectivity index (χ2v) is 7.19. The molecule has 2 saturated heterocycles. The molecule has 1 aliphatic carbocycles. The standard InChI is InChI=1S/C19H26FNO2.BrH/c20-17-6-4-16(5-7-17)18(8-2-1-3-9-18)21-12-10-19(11-13-21)22-14-15-23-19;/h4-7H,1-3,8-15H2;1H. The Morgan fingerprint density at radius 3 is 2.00 bits per heavy atom. The van der Waals surface area contributed by atoms with E-state index in [9.17, 15) is 4.39 Å². The van der Waals surface area contributed by atoms with Gasteiger partial charge in [0.25, 0.3) is 0 Å². The van der Waals surface area contributed by atoms with Gasteiger partial charge >= 0.3 is 0 Å². The minimum Gasteiger partial charge on any atom is -0.347 e. The second kappa shape index (κ2) is 7.40. The summed E-state index contributed by atoms with van der Waals surface area (Å²) in [6, 6.07) is 7.21. The maximum atomic E-state index is 13.4. The van der Waals surface area contributed by atoms with Crippen molar-refractivity contribution >= 4 is 17.0 Å². The molecule has 4 rings (SSSR count). The molecule has 3 fully saturated rings. The van der Waals surface area contributed by atoms with Gasteiger partial charge in [-0.15, -0.1) is 17.0 Å². The van der Waals surface area contributed by atoms with Crippen LogP contribution in [0.1, 0.15) is 50.5 Å². The van der Waals surface area contributed by atoms with Crippen molar-refractivity contribution in [2.45, 2.75) is 56.3 Å². The van der Waals surface area contributed by atoms with Crippen LogP contribution in [-0.2, 0) is 15.0 Å².